The van der Waals surface area contributed by atoms with Gasteiger partial charge in [-0.05, 0) is 36.5 Å². The summed E-state index contributed by atoms with van der Waals surface area (Å²) in [5.74, 6) is -0.582. The van der Waals surface area contributed by atoms with Gasteiger partial charge < -0.3 is 15.7 Å². The first-order chi connectivity index (χ1) is 12.9. The maximum absolute atomic E-state index is 13.3. The van der Waals surface area contributed by atoms with Crippen molar-refractivity contribution in [1.82, 2.24) is 20.4 Å². The van der Waals surface area contributed by atoms with Crippen molar-refractivity contribution in [2.45, 2.75) is 32.4 Å². The van der Waals surface area contributed by atoms with Crippen LogP contribution in [-0.4, -0.2) is 39.8 Å². The van der Waals surface area contributed by atoms with Crippen molar-refractivity contribution in [2.75, 3.05) is 13.1 Å². The number of nitrogens with zero attached hydrogens (tertiary/aromatic N) is 2. The van der Waals surface area contributed by atoms with Crippen LogP contribution in [0.25, 0.3) is 0 Å². The van der Waals surface area contributed by atoms with Gasteiger partial charge in [-0.25, -0.2) is 4.39 Å². The van der Waals surface area contributed by atoms with E-state index in [0.717, 1.165) is 12.1 Å². The molecule has 3 rings (SSSR count). The summed E-state index contributed by atoms with van der Waals surface area (Å²) in [5, 5.41) is 19.9. The highest BCUT2D eigenvalue weighted by molar-refractivity contribution is 5.95. The monoisotopic (exact) mass is 374 g/mol. The molecule has 1 aromatic heterocycles. The van der Waals surface area contributed by atoms with Gasteiger partial charge in [-0.3, -0.25) is 14.3 Å². The lowest BCUT2D eigenvalue weighted by Crippen LogP contribution is -2.33. The number of hydrogen-bond acceptors (Lipinski definition) is 4. The highest BCUT2D eigenvalue weighted by Crippen LogP contribution is 2.23. The second-order valence-corrected chi connectivity index (χ2v) is 6.80. The van der Waals surface area contributed by atoms with Crippen LogP contribution in [0, 0.1) is 11.7 Å². The molecule has 1 aromatic carbocycles. The molecule has 2 heterocycles. The van der Waals surface area contributed by atoms with Crippen molar-refractivity contribution in [2.24, 2.45) is 5.92 Å². The molecule has 144 valence electrons. The zero-order valence-electron chi connectivity index (χ0n) is 15.1. The molecule has 1 aliphatic heterocycles. The first kappa shape index (κ1) is 19.0. The number of carbonyl (C=O) groups excluding carboxylic acids is 2. The molecule has 0 bridgehead atoms. The van der Waals surface area contributed by atoms with Crippen LogP contribution in [0.1, 0.15) is 41.1 Å². The number of nitrogens with one attached hydrogen (secondary N) is 2. The lowest BCUT2D eigenvalue weighted by Gasteiger charge is -2.24. The molecule has 1 aliphatic rings. The Hall–Kier alpha value is -2.74. The lowest BCUT2D eigenvalue weighted by atomic mass is 9.94. The van der Waals surface area contributed by atoms with Gasteiger partial charge >= 0.3 is 0 Å². The molecule has 0 aliphatic carbocycles. The van der Waals surface area contributed by atoms with Gasteiger partial charge in [0.2, 0.25) is 5.91 Å². The van der Waals surface area contributed by atoms with Crippen LogP contribution in [0.3, 0.4) is 0 Å². The van der Waals surface area contributed by atoms with E-state index in [-0.39, 0.29) is 24.3 Å². The molecule has 27 heavy (non-hydrogen) atoms. The first-order valence-corrected chi connectivity index (χ1v) is 8.95. The largest absolute Gasteiger partial charge is 0.387 e. The molecule has 8 heteroatoms. The van der Waals surface area contributed by atoms with Crippen LogP contribution in [0.4, 0.5) is 4.39 Å². The van der Waals surface area contributed by atoms with Crippen LogP contribution in [0.15, 0.2) is 30.5 Å². The summed E-state index contributed by atoms with van der Waals surface area (Å²) in [6, 6.07) is 5.66. The number of aryl methyl sites for hydroxylation is 1. The normalized spacial score (nSPS) is 17.1. The van der Waals surface area contributed by atoms with Gasteiger partial charge in [-0.1, -0.05) is 12.1 Å². The summed E-state index contributed by atoms with van der Waals surface area (Å²) in [6.45, 7) is 2.72. The number of benzene rings is 1. The molecule has 2 aromatic rings. The summed E-state index contributed by atoms with van der Waals surface area (Å²) < 4.78 is 15.1. The number of aromatic nitrogens is 2. The quantitative estimate of drug-likeness (QED) is 0.708. The molecule has 0 fully saturated rings. The van der Waals surface area contributed by atoms with E-state index in [2.05, 4.69) is 15.7 Å². The predicted octanol–water partition coefficient (Wildman–Crippen LogP) is 1.18. The van der Waals surface area contributed by atoms with Gasteiger partial charge in [0.25, 0.3) is 5.91 Å². The first-order valence-electron chi connectivity index (χ1n) is 8.95. The fraction of sp³-hybridized carbons (Fsp3) is 0.421. The summed E-state index contributed by atoms with van der Waals surface area (Å²) >= 11 is 0. The van der Waals surface area contributed by atoms with Crippen LogP contribution in [0.5, 0.6) is 0 Å². The fourth-order valence-corrected chi connectivity index (χ4v) is 3.27. The minimum atomic E-state index is -0.997. The number of aliphatic hydroxyl groups excluding tert-OH is 1. The van der Waals surface area contributed by atoms with Crippen LogP contribution >= 0.6 is 0 Å². The molecule has 0 saturated carbocycles. The third-order valence-electron chi connectivity index (χ3n) is 4.75. The standard InChI is InChI=1S/C19H23FN4O3/c1-12(25)21-9-13-5-6-24-17(7-13)16(10-23-24)19(27)22-11-18(26)14-3-2-4-15(20)8-14/h2-4,8,10,13,18,26H,5-7,9,11H2,1H3,(H,21,25)(H,22,27)/t13-,18+/m1/s1. The molecule has 0 unspecified atom stereocenters. The molecule has 2 amide bonds. The van der Waals surface area contributed by atoms with E-state index in [9.17, 15) is 19.1 Å². The minimum absolute atomic E-state index is 0.0256. The van der Waals surface area contributed by atoms with Gasteiger partial charge in [0, 0.05) is 26.6 Å². The average Bonchev–Trinajstić information content (AvgIpc) is 3.07. The number of fused-ring (bicyclic) bond motifs is 1. The van der Waals surface area contributed by atoms with Gasteiger partial charge in [0.15, 0.2) is 0 Å². The molecular weight excluding hydrogens is 351 g/mol. The van der Waals surface area contributed by atoms with Crippen molar-refractivity contribution < 1.29 is 19.1 Å². The van der Waals surface area contributed by atoms with Crippen molar-refractivity contribution in [3.63, 3.8) is 0 Å². The fourth-order valence-electron chi connectivity index (χ4n) is 3.27. The lowest BCUT2D eigenvalue weighted by molar-refractivity contribution is -0.119. The molecule has 7 nitrogen and oxygen atoms in total. The minimum Gasteiger partial charge on any atom is -0.387 e. The van der Waals surface area contributed by atoms with E-state index in [1.165, 1.54) is 31.3 Å². The van der Waals surface area contributed by atoms with Crippen molar-refractivity contribution in [1.29, 1.82) is 0 Å². The Balaban J connectivity index is 1.61. The van der Waals surface area contributed by atoms with E-state index in [1.807, 2.05) is 4.68 Å². The molecule has 0 saturated heterocycles. The zero-order valence-corrected chi connectivity index (χ0v) is 15.1. The summed E-state index contributed by atoms with van der Waals surface area (Å²) in [6.07, 6.45) is 2.06. The number of aliphatic hydroxyl groups is 1. The molecule has 3 N–H and O–H groups in total. The Bertz CT molecular complexity index is 836. The van der Waals surface area contributed by atoms with Gasteiger partial charge in [-0.15, -0.1) is 0 Å². The smallest absolute Gasteiger partial charge is 0.254 e. The second kappa shape index (κ2) is 8.30. The van der Waals surface area contributed by atoms with E-state index in [4.69, 9.17) is 0 Å². The SMILES string of the molecule is CC(=O)NC[C@@H]1CCn2ncc(C(=O)NC[C@H](O)c3cccc(F)c3)c2C1. The summed E-state index contributed by atoms with van der Waals surface area (Å²) in [4.78, 5) is 23.6. The van der Waals surface area contributed by atoms with Crippen LogP contribution in [0.2, 0.25) is 0 Å². The number of hydrogen-bond donors (Lipinski definition) is 3. The third-order valence-corrected chi connectivity index (χ3v) is 4.75. The topological polar surface area (TPSA) is 96.2 Å². The van der Waals surface area contributed by atoms with E-state index in [0.29, 0.717) is 30.6 Å². The Morgan fingerprint density at radius 2 is 2.22 bits per heavy atom. The number of halogens is 1. The third kappa shape index (κ3) is 4.71. The van der Waals surface area contributed by atoms with E-state index < -0.39 is 11.9 Å². The van der Waals surface area contributed by atoms with Gasteiger partial charge in [-0.2, -0.15) is 5.10 Å². The Kier molecular flexibility index (Phi) is 5.85. The number of rotatable bonds is 6. The molecular formula is C19H23FN4O3. The molecule has 2 atom stereocenters. The highest BCUT2D eigenvalue weighted by atomic mass is 19.1. The molecule has 0 radical (unpaired) electrons. The van der Waals surface area contributed by atoms with Crippen molar-refractivity contribution in [3.05, 3.63) is 53.1 Å². The van der Waals surface area contributed by atoms with Crippen LogP contribution in [-0.2, 0) is 17.8 Å². The van der Waals surface area contributed by atoms with Crippen LogP contribution < -0.4 is 10.6 Å². The average molecular weight is 374 g/mol. The van der Waals surface area contributed by atoms with Crippen molar-refractivity contribution in [3.8, 4) is 0 Å². The van der Waals surface area contributed by atoms with E-state index in [1.54, 1.807) is 6.07 Å². The summed E-state index contributed by atoms with van der Waals surface area (Å²) in [7, 11) is 0. The van der Waals surface area contributed by atoms with Crippen molar-refractivity contribution >= 4 is 11.8 Å². The summed E-state index contributed by atoms with van der Waals surface area (Å²) in [5.41, 5.74) is 1.70. The predicted molar refractivity (Wildman–Crippen MR) is 96.4 cm³/mol. The van der Waals surface area contributed by atoms with Gasteiger partial charge in [0.05, 0.1) is 23.6 Å². The number of amides is 2. The maximum Gasteiger partial charge on any atom is 0.254 e. The maximum atomic E-state index is 13.3. The zero-order chi connectivity index (χ0) is 19.4. The molecule has 0 spiro atoms. The highest BCUT2D eigenvalue weighted by Gasteiger charge is 2.25. The Labute approximate surface area is 156 Å². The Morgan fingerprint density at radius 3 is 2.96 bits per heavy atom. The van der Waals surface area contributed by atoms with Gasteiger partial charge in [0.1, 0.15) is 5.82 Å². The van der Waals surface area contributed by atoms with E-state index >= 15 is 0 Å². The number of carbonyl (C=O) groups is 2. The second-order valence-electron chi connectivity index (χ2n) is 6.80. The Morgan fingerprint density at radius 1 is 1.41 bits per heavy atom.